The van der Waals surface area contributed by atoms with Crippen molar-refractivity contribution in [2.24, 2.45) is 10.2 Å². The van der Waals surface area contributed by atoms with E-state index in [1.807, 2.05) is 43.3 Å². The van der Waals surface area contributed by atoms with E-state index in [4.69, 9.17) is 9.84 Å². The van der Waals surface area contributed by atoms with E-state index in [1.54, 1.807) is 12.1 Å². The van der Waals surface area contributed by atoms with Gasteiger partial charge in [-0.3, -0.25) is 4.79 Å². The molecule has 0 atom stereocenters. The van der Waals surface area contributed by atoms with Crippen LogP contribution in [0.4, 0.5) is 17.1 Å². The molecule has 0 fully saturated rings. The Morgan fingerprint density at radius 1 is 1.00 bits per heavy atom. The van der Waals surface area contributed by atoms with Crippen LogP contribution in [0.2, 0.25) is 0 Å². The van der Waals surface area contributed by atoms with Gasteiger partial charge in [-0.05, 0) is 48.5 Å². The number of carboxylic acids is 1. The molecule has 2 rings (SSSR count). The second-order valence-corrected chi connectivity index (χ2v) is 8.03. The highest BCUT2D eigenvalue weighted by atomic mass is 32.2. The van der Waals surface area contributed by atoms with E-state index < -0.39 is 16.0 Å². The molecular formula is C19H24N4O5S. The van der Waals surface area contributed by atoms with Gasteiger partial charge in [-0.1, -0.05) is 0 Å². The van der Waals surface area contributed by atoms with E-state index in [9.17, 15) is 13.2 Å². The average molecular weight is 420 g/mol. The number of hydrogen-bond donors (Lipinski definition) is 2. The standard InChI is InChI=1S/C19H24N4O5S/c1-23(2)17-7-3-15(4-8-17)21-22-16-5-9-18(10-6-16)29(26,27)20-12-14-28-13-11-19(24)25/h3-10,20H,11-14H2,1-2H3,(H,24,25). The highest BCUT2D eigenvalue weighted by molar-refractivity contribution is 7.89. The number of anilines is 1. The number of hydrogen-bond acceptors (Lipinski definition) is 7. The molecule has 0 aliphatic carbocycles. The summed E-state index contributed by atoms with van der Waals surface area (Å²) in [5, 5.41) is 16.8. The van der Waals surface area contributed by atoms with Crippen molar-refractivity contribution in [1.29, 1.82) is 0 Å². The molecule has 0 amide bonds. The normalized spacial score (nSPS) is 11.7. The number of ether oxygens (including phenoxy) is 1. The van der Waals surface area contributed by atoms with Gasteiger partial charge < -0.3 is 14.7 Å². The van der Waals surface area contributed by atoms with Crippen LogP contribution in [0.15, 0.2) is 63.7 Å². The minimum atomic E-state index is -3.68. The van der Waals surface area contributed by atoms with Gasteiger partial charge in [-0.2, -0.15) is 10.2 Å². The first-order valence-corrected chi connectivity index (χ1v) is 10.3. The Kier molecular flexibility index (Phi) is 8.25. The Hall–Kier alpha value is -2.82. The van der Waals surface area contributed by atoms with Crippen molar-refractivity contribution in [2.45, 2.75) is 11.3 Å². The maximum atomic E-state index is 12.2. The smallest absolute Gasteiger partial charge is 0.305 e. The topological polar surface area (TPSA) is 121 Å². The number of azo groups is 1. The van der Waals surface area contributed by atoms with Crippen molar-refractivity contribution < 1.29 is 23.1 Å². The van der Waals surface area contributed by atoms with Gasteiger partial charge in [0.1, 0.15) is 0 Å². The SMILES string of the molecule is CN(C)c1ccc(N=Nc2ccc(S(=O)(=O)NCCOCCC(=O)O)cc2)cc1. The van der Waals surface area contributed by atoms with Gasteiger partial charge in [0.05, 0.1) is 35.9 Å². The Bertz CT molecular complexity index is 926. The first-order chi connectivity index (χ1) is 13.8. The lowest BCUT2D eigenvalue weighted by Crippen LogP contribution is -2.27. The highest BCUT2D eigenvalue weighted by Gasteiger charge is 2.13. The molecule has 0 saturated carbocycles. The van der Waals surface area contributed by atoms with Crippen molar-refractivity contribution >= 4 is 33.1 Å². The molecule has 0 heterocycles. The van der Waals surface area contributed by atoms with Crippen LogP contribution in [-0.2, 0) is 19.6 Å². The van der Waals surface area contributed by atoms with Gasteiger partial charge in [0.15, 0.2) is 0 Å². The number of rotatable bonds is 11. The molecule has 0 saturated heterocycles. The Labute approximate surface area is 170 Å². The predicted molar refractivity (Wildman–Crippen MR) is 110 cm³/mol. The molecule has 0 aliphatic heterocycles. The second kappa shape index (κ2) is 10.6. The summed E-state index contributed by atoms with van der Waals surface area (Å²) in [5.41, 5.74) is 2.27. The van der Waals surface area contributed by atoms with Crippen molar-refractivity contribution in [2.75, 3.05) is 38.8 Å². The summed E-state index contributed by atoms with van der Waals surface area (Å²) in [5.74, 6) is -0.964. The minimum absolute atomic E-state index is 0.0363. The average Bonchev–Trinajstić information content (AvgIpc) is 2.69. The lowest BCUT2D eigenvalue weighted by atomic mass is 10.3. The van der Waals surface area contributed by atoms with Gasteiger partial charge in [0.2, 0.25) is 10.0 Å². The number of nitrogens with one attached hydrogen (secondary N) is 1. The summed E-state index contributed by atoms with van der Waals surface area (Å²) in [7, 11) is 0.220. The lowest BCUT2D eigenvalue weighted by molar-refractivity contribution is -0.138. The molecule has 29 heavy (non-hydrogen) atoms. The molecule has 2 aromatic rings. The van der Waals surface area contributed by atoms with Gasteiger partial charge in [0, 0.05) is 26.3 Å². The molecule has 0 bridgehead atoms. The lowest BCUT2D eigenvalue weighted by Gasteiger charge is -2.11. The molecule has 156 valence electrons. The predicted octanol–water partition coefficient (Wildman–Crippen LogP) is 2.94. The van der Waals surface area contributed by atoms with Gasteiger partial charge in [0.25, 0.3) is 0 Å². The number of aliphatic carboxylic acids is 1. The molecule has 0 unspecified atom stereocenters. The van der Waals surface area contributed by atoms with Crippen LogP contribution < -0.4 is 9.62 Å². The van der Waals surface area contributed by atoms with Crippen LogP contribution in [0.1, 0.15) is 6.42 Å². The van der Waals surface area contributed by atoms with Gasteiger partial charge >= 0.3 is 5.97 Å². The molecule has 2 aromatic carbocycles. The maximum Gasteiger partial charge on any atom is 0.305 e. The van der Waals surface area contributed by atoms with Crippen LogP contribution in [0.25, 0.3) is 0 Å². The van der Waals surface area contributed by atoms with Gasteiger partial charge in [-0.25, -0.2) is 13.1 Å². The number of nitrogens with zero attached hydrogens (tertiary/aromatic N) is 3. The molecule has 10 heteroatoms. The summed E-state index contributed by atoms with van der Waals surface area (Å²) in [4.78, 5) is 12.4. The Morgan fingerprint density at radius 3 is 2.07 bits per heavy atom. The fraction of sp³-hybridized carbons (Fsp3) is 0.316. The zero-order chi connectivity index (χ0) is 21.3. The van der Waals surface area contributed by atoms with Crippen LogP contribution in [-0.4, -0.2) is 53.3 Å². The van der Waals surface area contributed by atoms with E-state index in [2.05, 4.69) is 15.0 Å². The molecule has 0 radical (unpaired) electrons. The fourth-order valence-electron chi connectivity index (χ4n) is 2.22. The van der Waals surface area contributed by atoms with Crippen molar-refractivity contribution in [3.8, 4) is 0 Å². The van der Waals surface area contributed by atoms with Crippen LogP contribution >= 0.6 is 0 Å². The Morgan fingerprint density at radius 2 is 1.55 bits per heavy atom. The Balaban J connectivity index is 1.88. The fourth-order valence-corrected chi connectivity index (χ4v) is 3.23. The number of carbonyl (C=O) groups is 1. The second-order valence-electron chi connectivity index (χ2n) is 6.26. The minimum Gasteiger partial charge on any atom is -0.481 e. The van der Waals surface area contributed by atoms with Crippen molar-refractivity contribution in [3.63, 3.8) is 0 Å². The largest absolute Gasteiger partial charge is 0.481 e. The molecular weight excluding hydrogens is 396 g/mol. The van der Waals surface area contributed by atoms with E-state index in [0.717, 1.165) is 5.69 Å². The number of carboxylic acid groups (broad SMARTS) is 1. The summed E-state index contributed by atoms with van der Waals surface area (Å²) in [6, 6.07) is 13.6. The highest BCUT2D eigenvalue weighted by Crippen LogP contribution is 2.22. The van der Waals surface area contributed by atoms with E-state index in [-0.39, 0.29) is 31.1 Å². The number of sulfonamides is 1. The van der Waals surface area contributed by atoms with Crippen LogP contribution in [0.5, 0.6) is 0 Å². The summed E-state index contributed by atoms with van der Waals surface area (Å²) < 4.78 is 31.9. The van der Waals surface area contributed by atoms with Crippen molar-refractivity contribution in [3.05, 3.63) is 48.5 Å². The summed E-state index contributed by atoms with van der Waals surface area (Å²) in [6.45, 7) is 0.173. The van der Waals surface area contributed by atoms with Crippen LogP contribution in [0.3, 0.4) is 0 Å². The monoisotopic (exact) mass is 420 g/mol. The maximum absolute atomic E-state index is 12.2. The van der Waals surface area contributed by atoms with E-state index in [1.165, 1.54) is 12.1 Å². The van der Waals surface area contributed by atoms with Crippen molar-refractivity contribution in [1.82, 2.24) is 4.72 Å². The van der Waals surface area contributed by atoms with E-state index >= 15 is 0 Å². The first-order valence-electron chi connectivity index (χ1n) is 8.86. The molecule has 0 spiro atoms. The van der Waals surface area contributed by atoms with Gasteiger partial charge in [-0.15, -0.1) is 0 Å². The summed E-state index contributed by atoms with van der Waals surface area (Å²) in [6.07, 6.45) is -0.122. The first kappa shape index (κ1) is 22.5. The van der Waals surface area contributed by atoms with Crippen LogP contribution in [0, 0.1) is 0 Å². The third-order valence-electron chi connectivity index (χ3n) is 3.79. The third kappa shape index (κ3) is 7.60. The molecule has 2 N–H and O–H groups in total. The summed E-state index contributed by atoms with van der Waals surface area (Å²) >= 11 is 0. The molecule has 0 aromatic heterocycles. The number of benzene rings is 2. The van der Waals surface area contributed by atoms with E-state index in [0.29, 0.717) is 11.4 Å². The third-order valence-corrected chi connectivity index (χ3v) is 5.27. The quantitative estimate of drug-likeness (QED) is 0.426. The molecule has 0 aliphatic rings. The zero-order valence-electron chi connectivity index (χ0n) is 16.3. The molecule has 9 nitrogen and oxygen atoms in total. The zero-order valence-corrected chi connectivity index (χ0v) is 17.1.